The van der Waals surface area contributed by atoms with Crippen molar-refractivity contribution in [1.29, 1.82) is 0 Å². The SMILES string of the molecule is CC(C=Nc1ccccc1)=CCC=Nc1ccccc1. The fourth-order valence-electron chi connectivity index (χ4n) is 1.65. The molecule has 0 bridgehead atoms. The molecule has 0 saturated heterocycles. The van der Waals surface area contributed by atoms with Gasteiger partial charge >= 0.3 is 0 Å². The van der Waals surface area contributed by atoms with Crippen LogP contribution >= 0.6 is 0 Å². The lowest BCUT2D eigenvalue weighted by molar-refractivity contribution is 1.41. The third-order valence-corrected chi connectivity index (χ3v) is 2.72. The first-order valence-electron chi connectivity index (χ1n) is 6.68. The van der Waals surface area contributed by atoms with Crippen molar-refractivity contribution in [2.24, 2.45) is 9.98 Å². The molecule has 0 saturated carbocycles. The van der Waals surface area contributed by atoms with E-state index in [0.29, 0.717) is 0 Å². The van der Waals surface area contributed by atoms with Crippen molar-refractivity contribution in [3.63, 3.8) is 0 Å². The Labute approximate surface area is 120 Å². The summed E-state index contributed by atoms with van der Waals surface area (Å²) in [6.45, 7) is 2.04. The normalized spacial score (nSPS) is 12.3. The summed E-state index contributed by atoms with van der Waals surface area (Å²) in [7, 11) is 0. The van der Waals surface area contributed by atoms with E-state index in [2.05, 4.69) is 16.1 Å². The van der Waals surface area contributed by atoms with Crippen molar-refractivity contribution in [3.05, 3.63) is 72.3 Å². The van der Waals surface area contributed by atoms with Crippen molar-refractivity contribution in [1.82, 2.24) is 0 Å². The number of hydrogen-bond donors (Lipinski definition) is 0. The average molecular weight is 262 g/mol. The van der Waals surface area contributed by atoms with E-state index in [9.17, 15) is 0 Å². The zero-order chi connectivity index (χ0) is 14.0. The molecule has 0 unspecified atom stereocenters. The van der Waals surface area contributed by atoms with Gasteiger partial charge in [-0.2, -0.15) is 0 Å². The summed E-state index contributed by atoms with van der Waals surface area (Å²) in [4.78, 5) is 8.79. The van der Waals surface area contributed by atoms with E-state index in [4.69, 9.17) is 0 Å². The molecule has 2 aromatic carbocycles. The van der Waals surface area contributed by atoms with E-state index < -0.39 is 0 Å². The van der Waals surface area contributed by atoms with E-state index in [1.807, 2.05) is 80.0 Å². The number of allylic oxidation sites excluding steroid dienone is 2. The van der Waals surface area contributed by atoms with Crippen LogP contribution < -0.4 is 0 Å². The van der Waals surface area contributed by atoms with Gasteiger partial charge in [-0.25, -0.2) is 0 Å². The molecule has 0 N–H and O–H groups in total. The summed E-state index contributed by atoms with van der Waals surface area (Å²) in [5.74, 6) is 0. The van der Waals surface area contributed by atoms with Crippen molar-refractivity contribution in [2.75, 3.05) is 0 Å². The van der Waals surface area contributed by atoms with Gasteiger partial charge in [0.2, 0.25) is 0 Å². The first-order chi connectivity index (χ1) is 9.84. The molecule has 100 valence electrons. The molecule has 0 atom stereocenters. The lowest BCUT2D eigenvalue weighted by atomic mass is 10.2. The van der Waals surface area contributed by atoms with E-state index in [-0.39, 0.29) is 0 Å². The molecule has 2 rings (SSSR count). The van der Waals surface area contributed by atoms with E-state index in [0.717, 1.165) is 23.4 Å². The molecule has 2 aromatic rings. The number of nitrogens with zero attached hydrogens (tertiary/aromatic N) is 2. The lowest BCUT2D eigenvalue weighted by Gasteiger charge is -1.93. The third-order valence-electron chi connectivity index (χ3n) is 2.72. The molecule has 0 aromatic heterocycles. The highest BCUT2D eigenvalue weighted by Crippen LogP contribution is 2.10. The Morgan fingerprint density at radius 1 is 0.850 bits per heavy atom. The summed E-state index contributed by atoms with van der Waals surface area (Å²) < 4.78 is 0. The minimum absolute atomic E-state index is 0.807. The first kappa shape index (κ1) is 13.9. The van der Waals surface area contributed by atoms with Crippen molar-refractivity contribution >= 4 is 23.8 Å². The molecule has 0 aliphatic rings. The maximum Gasteiger partial charge on any atom is 0.0629 e. The molecular weight excluding hydrogens is 244 g/mol. The fraction of sp³-hybridized carbons (Fsp3) is 0.111. The van der Waals surface area contributed by atoms with Gasteiger partial charge in [0.05, 0.1) is 11.4 Å². The first-order valence-corrected chi connectivity index (χ1v) is 6.68. The largest absolute Gasteiger partial charge is 0.261 e. The summed E-state index contributed by atoms with van der Waals surface area (Å²) >= 11 is 0. The monoisotopic (exact) mass is 262 g/mol. The van der Waals surface area contributed by atoms with Crippen LogP contribution in [0, 0.1) is 0 Å². The third kappa shape index (κ3) is 5.02. The van der Waals surface area contributed by atoms with E-state index >= 15 is 0 Å². The van der Waals surface area contributed by atoms with Crippen LogP contribution in [0.25, 0.3) is 0 Å². The molecule has 0 spiro atoms. The minimum Gasteiger partial charge on any atom is -0.261 e. The number of rotatable bonds is 5. The average Bonchev–Trinajstić information content (AvgIpc) is 2.52. The molecular formula is C18H18N2. The highest BCUT2D eigenvalue weighted by molar-refractivity contribution is 5.81. The maximum absolute atomic E-state index is 4.41. The molecule has 20 heavy (non-hydrogen) atoms. The van der Waals surface area contributed by atoms with Gasteiger partial charge in [-0.3, -0.25) is 9.98 Å². The number of hydrogen-bond acceptors (Lipinski definition) is 2. The Morgan fingerprint density at radius 3 is 2.00 bits per heavy atom. The Balaban J connectivity index is 1.85. The Hall–Kier alpha value is -2.48. The predicted octanol–water partition coefficient (Wildman–Crippen LogP) is 5.13. The van der Waals surface area contributed by atoms with Gasteiger partial charge in [-0.05, 0) is 36.8 Å². The van der Waals surface area contributed by atoms with Crippen LogP contribution in [0.2, 0.25) is 0 Å². The second-order valence-corrected chi connectivity index (χ2v) is 4.42. The lowest BCUT2D eigenvalue weighted by Crippen LogP contribution is -1.79. The Kier molecular flexibility index (Phi) is 5.47. The molecule has 0 amide bonds. The van der Waals surface area contributed by atoms with Crippen LogP contribution in [0.5, 0.6) is 0 Å². The van der Waals surface area contributed by atoms with E-state index in [1.165, 1.54) is 0 Å². The smallest absolute Gasteiger partial charge is 0.0629 e. The second-order valence-electron chi connectivity index (χ2n) is 4.42. The molecule has 2 heteroatoms. The van der Waals surface area contributed by atoms with Crippen LogP contribution in [0.4, 0.5) is 11.4 Å². The molecule has 2 nitrogen and oxygen atoms in total. The van der Waals surface area contributed by atoms with Gasteiger partial charge in [0.25, 0.3) is 0 Å². The van der Waals surface area contributed by atoms with Crippen LogP contribution in [-0.4, -0.2) is 12.4 Å². The predicted molar refractivity (Wildman–Crippen MR) is 87.6 cm³/mol. The molecule has 0 radical (unpaired) electrons. The van der Waals surface area contributed by atoms with Gasteiger partial charge in [0.1, 0.15) is 0 Å². The maximum atomic E-state index is 4.41. The summed E-state index contributed by atoms with van der Waals surface area (Å²) in [5.41, 5.74) is 3.09. The van der Waals surface area contributed by atoms with Crippen LogP contribution in [0.1, 0.15) is 13.3 Å². The van der Waals surface area contributed by atoms with Crippen LogP contribution in [0.15, 0.2) is 82.3 Å². The fourth-order valence-corrected chi connectivity index (χ4v) is 1.65. The zero-order valence-corrected chi connectivity index (χ0v) is 11.6. The van der Waals surface area contributed by atoms with Crippen molar-refractivity contribution < 1.29 is 0 Å². The van der Waals surface area contributed by atoms with Crippen molar-refractivity contribution in [2.45, 2.75) is 13.3 Å². The topological polar surface area (TPSA) is 24.7 Å². The van der Waals surface area contributed by atoms with Gasteiger partial charge < -0.3 is 0 Å². The molecule has 0 aliphatic carbocycles. The zero-order valence-electron chi connectivity index (χ0n) is 11.6. The van der Waals surface area contributed by atoms with Gasteiger partial charge in [-0.15, -0.1) is 0 Å². The summed E-state index contributed by atoms with van der Waals surface area (Å²) in [6.07, 6.45) is 6.71. The highest BCUT2D eigenvalue weighted by Gasteiger charge is 1.86. The van der Waals surface area contributed by atoms with Gasteiger partial charge in [0, 0.05) is 18.9 Å². The summed E-state index contributed by atoms with van der Waals surface area (Å²) in [6, 6.07) is 19.9. The second kappa shape index (κ2) is 7.85. The van der Waals surface area contributed by atoms with Crippen molar-refractivity contribution in [3.8, 4) is 0 Å². The Morgan fingerprint density at radius 2 is 1.40 bits per heavy atom. The summed E-state index contributed by atoms with van der Waals surface area (Å²) in [5, 5.41) is 0. The minimum atomic E-state index is 0.807. The number of para-hydroxylation sites is 2. The quantitative estimate of drug-likeness (QED) is 0.667. The molecule has 0 heterocycles. The van der Waals surface area contributed by atoms with Crippen LogP contribution in [-0.2, 0) is 0 Å². The number of aliphatic imine (C=N–C) groups is 2. The number of benzene rings is 2. The van der Waals surface area contributed by atoms with Gasteiger partial charge in [0.15, 0.2) is 0 Å². The van der Waals surface area contributed by atoms with E-state index in [1.54, 1.807) is 0 Å². The molecule has 0 fully saturated rings. The van der Waals surface area contributed by atoms with Crippen LogP contribution in [0.3, 0.4) is 0 Å². The highest BCUT2D eigenvalue weighted by atomic mass is 14.7. The molecule has 0 aliphatic heterocycles. The van der Waals surface area contributed by atoms with Gasteiger partial charge in [-0.1, -0.05) is 42.5 Å². The standard InChI is InChI=1S/C18H18N2/c1-16(15-20-18-12-6-3-7-13-18)9-8-14-19-17-10-4-2-5-11-17/h2-7,9-15H,8H2,1H3. The Bertz CT molecular complexity index is 596.